The highest BCUT2D eigenvalue weighted by Crippen LogP contribution is 2.18. The molecule has 0 atom stereocenters. The van der Waals surface area contributed by atoms with Gasteiger partial charge < -0.3 is 4.90 Å². The van der Waals surface area contributed by atoms with E-state index in [1.165, 1.54) is 24.9 Å². The van der Waals surface area contributed by atoms with E-state index in [0.717, 1.165) is 6.07 Å². The molecule has 2 rings (SSSR count). The SMILES string of the molecule is Cc1nc(CN(C)C(=O)c2c(F)ccc(C)c2F)n[nH]1. The second-order valence-corrected chi connectivity index (χ2v) is 4.55. The number of H-pyrrole nitrogens is 1. The molecule has 0 fully saturated rings. The lowest BCUT2D eigenvalue weighted by Gasteiger charge is -2.16. The van der Waals surface area contributed by atoms with Crippen LogP contribution in [0, 0.1) is 25.5 Å². The summed E-state index contributed by atoms with van der Waals surface area (Å²) >= 11 is 0. The lowest BCUT2D eigenvalue weighted by Crippen LogP contribution is -2.28. The van der Waals surface area contributed by atoms with E-state index in [1.807, 2.05) is 0 Å². The van der Waals surface area contributed by atoms with Gasteiger partial charge in [0.2, 0.25) is 0 Å². The predicted octanol–water partition coefficient (Wildman–Crippen LogP) is 1.97. The van der Waals surface area contributed by atoms with Gasteiger partial charge in [-0.2, -0.15) is 5.10 Å². The summed E-state index contributed by atoms with van der Waals surface area (Å²) in [4.78, 5) is 17.3. The molecule has 0 saturated carbocycles. The fraction of sp³-hybridized carbons (Fsp3) is 0.308. The van der Waals surface area contributed by atoms with Crippen molar-refractivity contribution in [1.29, 1.82) is 0 Å². The number of hydrogen-bond donors (Lipinski definition) is 1. The second kappa shape index (κ2) is 5.36. The summed E-state index contributed by atoms with van der Waals surface area (Å²) in [5.41, 5.74) is -0.336. The van der Waals surface area contributed by atoms with Crippen LogP contribution in [-0.2, 0) is 6.54 Å². The zero-order valence-corrected chi connectivity index (χ0v) is 11.4. The van der Waals surface area contributed by atoms with Gasteiger partial charge >= 0.3 is 0 Å². The zero-order chi connectivity index (χ0) is 14.9. The molecule has 1 aromatic heterocycles. The van der Waals surface area contributed by atoms with E-state index in [4.69, 9.17) is 0 Å². The molecule has 0 aliphatic rings. The van der Waals surface area contributed by atoms with E-state index >= 15 is 0 Å². The van der Waals surface area contributed by atoms with E-state index in [-0.39, 0.29) is 12.1 Å². The summed E-state index contributed by atoms with van der Waals surface area (Å²) < 4.78 is 27.6. The van der Waals surface area contributed by atoms with Gasteiger partial charge in [-0.05, 0) is 25.5 Å². The minimum absolute atomic E-state index is 0.0655. The Balaban J connectivity index is 2.25. The van der Waals surface area contributed by atoms with Crippen molar-refractivity contribution in [3.05, 3.63) is 46.5 Å². The van der Waals surface area contributed by atoms with Crippen LogP contribution in [0.2, 0.25) is 0 Å². The average Bonchev–Trinajstić information content (AvgIpc) is 2.79. The smallest absolute Gasteiger partial charge is 0.259 e. The first-order valence-electron chi connectivity index (χ1n) is 5.98. The molecule has 106 valence electrons. The molecule has 0 radical (unpaired) electrons. The normalized spacial score (nSPS) is 10.7. The van der Waals surface area contributed by atoms with E-state index in [9.17, 15) is 13.6 Å². The molecule has 1 amide bonds. The fourth-order valence-corrected chi connectivity index (χ4v) is 1.79. The van der Waals surface area contributed by atoms with E-state index in [2.05, 4.69) is 15.2 Å². The van der Waals surface area contributed by atoms with Crippen molar-refractivity contribution in [2.45, 2.75) is 20.4 Å². The summed E-state index contributed by atoms with van der Waals surface area (Å²) in [5.74, 6) is -1.48. The second-order valence-electron chi connectivity index (χ2n) is 4.55. The minimum Gasteiger partial charge on any atom is -0.334 e. The first-order valence-corrected chi connectivity index (χ1v) is 5.98. The first kappa shape index (κ1) is 14.1. The number of rotatable bonds is 3. The Labute approximate surface area is 114 Å². The molecule has 2 aromatic rings. The third-order valence-electron chi connectivity index (χ3n) is 2.87. The molecule has 0 spiro atoms. The Kier molecular flexibility index (Phi) is 3.78. The number of aromatic amines is 1. The molecule has 1 N–H and O–H groups in total. The summed E-state index contributed by atoms with van der Waals surface area (Å²) in [7, 11) is 1.44. The van der Waals surface area contributed by atoms with Crippen molar-refractivity contribution in [3.8, 4) is 0 Å². The summed E-state index contributed by atoms with van der Waals surface area (Å²) in [6.45, 7) is 3.26. The number of nitrogens with zero attached hydrogens (tertiary/aromatic N) is 3. The molecule has 7 heteroatoms. The molecule has 0 aliphatic carbocycles. The Hall–Kier alpha value is -2.31. The van der Waals surface area contributed by atoms with Crippen LogP contribution in [0.15, 0.2) is 12.1 Å². The predicted molar refractivity (Wildman–Crippen MR) is 68.0 cm³/mol. The van der Waals surface area contributed by atoms with Crippen molar-refractivity contribution in [2.75, 3.05) is 7.05 Å². The Morgan fingerprint density at radius 1 is 1.35 bits per heavy atom. The van der Waals surface area contributed by atoms with Crippen LogP contribution in [-0.4, -0.2) is 33.0 Å². The summed E-state index contributed by atoms with van der Waals surface area (Å²) in [5, 5.41) is 6.51. The Morgan fingerprint density at radius 2 is 2.05 bits per heavy atom. The number of benzene rings is 1. The van der Waals surface area contributed by atoms with Gasteiger partial charge in [0.25, 0.3) is 5.91 Å². The number of aryl methyl sites for hydroxylation is 2. The molecule has 0 unspecified atom stereocenters. The summed E-state index contributed by atoms with van der Waals surface area (Å²) in [6.07, 6.45) is 0. The van der Waals surface area contributed by atoms with Crippen molar-refractivity contribution in [1.82, 2.24) is 20.1 Å². The lowest BCUT2D eigenvalue weighted by atomic mass is 10.1. The van der Waals surface area contributed by atoms with Crippen LogP contribution in [0.3, 0.4) is 0 Å². The molecule has 0 aliphatic heterocycles. The van der Waals surface area contributed by atoms with Crippen LogP contribution in [0.1, 0.15) is 27.6 Å². The standard InChI is InChI=1S/C13H14F2N4O/c1-7-4-5-9(14)11(12(7)15)13(20)19(3)6-10-16-8(2)17-18-10/h4-5H,6H2,1-3H3,(H,16,17,18). The van der Waals surface area contributed by atoms with Gasteiger partial charge in [0.15, 0.2) is 5.82 Å². The number of aromatic nitrogens is 3. The fourth-order valence-electron chi connectivity index (χ4n) is 1.79. The number of amides is 1. The van der Waals surface area contributed by atoms with Gasteiger partial charge in [-0.15, -0.1) is 0 Å². The highest BCUT2D eigenvalue weighted by atomic mass is 19.1. The number of halogens is 2. The molecule has 1 heterocycles. The lowest BCUT2D eigenvalue weighted by molar-refractivity contribution is 0.0771. The summed E-state index contributed by atoms with van der Waals surface area (Å²) in [6, 6.07) is 2.37. The van der Waals surface area contributed by atoms with Gasteiger partial charge in [0, 0.05) is 7.05 Å². The maximum Gasteiger partial charge on any atom is 0.259 e. The molecular formula is C13H14F2N4O. The number of hydrogen-bond acceptors (Lipinski definition) is 3. The van der Waals surface area contributed by atoms with Crippen molar-refractivity contribution in [3.63, 3.8) is 0 Å². The molecule has 0 bridgehead atoms. The monoisotopic (exact) mass is 280 g/mol. The van der Waals surface area contributed by atoms with E-state index < -0.39 is 23.1 Å². The maximum absolute atomic E-state index is 13.9. The maximum atomic E-state index is 13.9. The van der Waals surface area contributed by atoms with Crippen molar-refractivity contribution < 1.29 is 13.6 Å². The van der Waals surface area contributed by atoms with E-state index in [0.29, 0.717) is 11.6 Å². The highest BCUT2D eigenvalue weighted by Gasteiger charge is 2.23. The Bertz CT molecular complexity index is 654. The molecular weight excluding hydrogens is 266 g/mol. The Morgan fingerprint density at radius 3 is 2.65 bits per heavy atom. The molecule has 5 nitrogen and oxygen atoms in total. The number of nitrogens with one attached hydrogen (secondary N) is 1. The quantitative estimate of drug-likeness (QED) is 0.935. The third-order valence-corrected chi connectivity index (χ3v) is 2.87. The van der Waals surface area contributed by atoms with Crippen LogP contribution >= 0.6 is 0 Å². The molecule has 1 aromatic carbocycles. The average molecular weight is 280 g/mol. The van der Waals surface area contributed by atoms with Gasteiger partial charge in [0.1, 0.15) is 23.0 Å². The molecule has 0 saturated heterocycles. The largest absolute Gasteiger partial charge is 0.334 e. The van der Waals surface area contributed by atoms with Gasteiger partial charge in [0.05, 0.1) is 6.54 Å². The minimum atomic E-state index is -0.879. The van der Waals surface area contributed by atoms with Gasteiger partial charge in [-0.25, -0.2) is 13.8 Å². The van der Waals surface area contributed by atoms with Gasteiger partial charge in [-0.1, -0.05) is 6.07 Å². The van der Waals surface area contributed by atoms with Crippen LogP contribution in [0.5, 0.6) is 0 Å². The van der Waals surface area contributed by atoms with Crippen LogP contribution in [0.4, 0.5) is 8.78 Å². The molecule has 20 heavy (non-hydrogen) atoms. The van der Waals surface area contributed by atoms with E-state index in [1.54, 1.807) is 6.92 Å². The van der Waals surface area contributed by atoms with Crippen LogP contribution < -0.4 is 0 Å². The van der Waals surface area contributed by atoms with Crippen LogP contribution in [0.25, 0.3) is 0 Å². The third kappa shape index (κ3) is 2.66. The highest BCUT2D eigenvalue weighted by molar-refractivity contribution is 5.94. The topological polar surface area (TPSA) is 61.9 Å². The van der Waals surface area contributed by atoms with Crippen molar-refractivity contribution >= 4 is 5.91 Å². The first-order chi connectivity index (χ1) is 9.40. The zero-order valence-electron chi connectivity index (χ0n) is 11.4. The number of carbonyl (C=O) groups is 1. The number of carbonyl (C=O) groups excluding carboxylic acids is 1. The van der Waals surface area contributed by atoms with Gasteiger partial charge in [-0.3, -0.25) is 9.89 Å². The van der Waals surface area contributed by atoms with Crippen molar-refractivity contribution in [2.24, 2.45) is 0 Å².